The second-order valence-electron chi connectivity index (χ2n) is 9.78. The van der Waals surface area contributed by atoms with Crippen LogP contribution in [0.4, 0.5) is 0 Å². The molecule has 4 atom stereocenters. The summed E-state index contributed by atoms with van der Waals surface area (Å²) in [7, 11) is 0. The van der Waals surface area contributed by atoms with Gasteiger partial charge in [0.25, 0.3) is 0 Å². The minimum absolute atomic E-state index is 0.0115. The molecule has 14 nitrogen and oxygen atoms in total. The molecule has 38 heavy (non-hydrogen) atoms. The zero-order chi connectivity index (χ0) is 29.1. The summed E-state index contributed by atoms with van der Waals surface area (Å²) in [6.45, 7) is 4.89. The molecule has 0 aromatic heterocycles. The highest BCUT2D eigenvalue weighted by molar-refractivity contribution is 5.94. The van der Waals surface area contributed by atoms with Gasteiger partial charge in [-0.1, -0.05) is 20.3 Å². The Kier molecular flexibility index (Phi) is 18.5. The molecule has 0 aliphatic carbocycles. The van der Waals surface area contributed by atoms with Gasteiger partial charge >= 0.3 is 5.97 Å². The number of aliphatic carboxylic acids is 1. The highest BCUT2D eigenvalue weighted by Gasteiger charge is 2.30. The largest absolute Gasteiger partial charge is 0.480 e. The number of guanidine groups is 1. The maximum Gasteiger partial charge on any atom is 0.326 e. The number of carbonyl (C=O) groups is 4. The number of rotatable bonds is 21. The number of nitrogens with zero attached hydrogens (tertiary/aromatic N) is 1. The van der Waals surface area contributed by atoms with Crippen molar-refractivity contribution in [3.05, 3.63) is 0 Å². The van der Waals surface area contributed by atoms with Crippen molar-refractivity contribution in [3.63, 3.8) is 0 Å². The van der Waals surface area contributed by atoms with E-state index in [9.17, 15) is 24.3 Å². The van der Waals surface area contributed by atoms with Gasteiger partial charge in [0.1, 0.15) is 18.1 Å². The Bertz CT molecular complexity index is 760. The first-order valence-corrected chi connectivity index (χ1v) is 13.3. The number of unbranched alkanes of at least 4 members (excludes halogenated alkanes) is 2. The number of amides is 3. The molecule has 0 saturated carbocycles. The zero-order valence-electron chi connectivity index (χ0n) is 22.8. The summed E-state index contributed by atoms with van der Waals surface area (Å²) in [6.07, 6.45) is 4.08. The maximum atomic E-state index is 13.2. The van der Waals surface area contributed by atoms with E-state index in [4.69, 9.17) is 28.7 Å². The van der Waals surface area contributed by atoms with Crippen molar-refractivity contribution in [2.75, 3.05) is 19.6 Å². The van der Waals surface area contributed by atoms with E-state index < -0.39 is 47.9 Å². The van der Waals surface area contributed by atoms with Crippen LogP contribution in [-0.4, -0.2) is 78.6 Å². The van der Waals surface area contributed by atoms with Crippen LogP contribution in [0, 0.1) is 5.92 Å². The molecule has 220 valence electrons. The molecule has 0 spiro atoms. The molecule has 0 aromatic carbocycles. The SMILES string of the molecule is CC(C)CC(NC(=O)C(CCCCN)NC(=O)C(N)CCCCN)C(=O)NC(CCCN=C(N)N)C(=O)O. The van der Waals surface area contributed by atoms with Crippen LogP contribution >= 0.6 is 0 Å². The van der Waals surface area contributed by atoms with Crippen LogP contribution in [0.25, 0.3) is 0 Å². The molecule has 3 amide bonds. The second kappa shape index (κ2) is 20.1. The molecule has 0 saturated heterocycles. The van der Waals surface area contributed by atoms with Crippen LogP contribution in [0.1, 0.15) is 71.6 Å². The van der Waals surface area contributed by atoms with E-state index in [1.165, 1.54) is 0 Å². The Balaban J connectivity index is 5.44. The average Bonchev–Trinajstić information content (AvgIpc) is 2.84. The molecule has 4 unspecified atom stereocenters. The lowest BCUT2D eigenvalue weighted by molar-refractivity contribution is -0.142. The molecular formula is C24H49N9O5. The maximum absolute atomic E-state index is 13.2. The minimum Gasteiger partial charge on any atom is -0.480 e. The van der Waals surface area contributed by atoms with Crippen molar-refractivity contribution in [3.8, 4) is 0 Å². The predicted molar refractivity (Wildman–Crippen MR) is 147 cm³/mol. The average molecular weight is 544 g/mol. The highest BCUT2D eigenvalue weighted by Crippen LogP contribution is 2.09. The number of nitrogens with one attached hydrogen (secondary N) is 3. The van der Waals surface area contributed by atoms with E-state index in [1.54, 1.807) is 0 Å². The van der Waals surface area contributed by atoms with E-state index in [1.807, 2.05) is 13.8 Å². The van der Waals surface area contributed by atoms with Gasteiger partial charge in [-0.15, -0.1) is 0 Å². The van der Waals surface area contributed by atoms with E-state index in [0.29, 0.717) is 51.6 Å². The van der Waals surface area contributed by atoms with Gasteiger partial charge in [0.05, 0.1) is 6.04 Å². The minimum atomic E-state index is -1.21. The number of hydrogen-bond acceptors (Lipinski definition) is 8. The van der Waals surface area contributed by atoms with Gasteiger partial charge in [-0.05, 0) is 70.4 Å². The first kappa shape index (κ1) is 35.0. The third kappa shape index (κ3) is 16.0. The van der Waals surface area contributed by atoms with Crippen molar-refractivity contribution in [1.29, 1.82) is 0 Å². The van der Waals surface area contributed by atoms with E-state index in [2.05, 4.69) is 20.9 Å². The van der Waals surface area contributed by atoms with Crippen molar-refractivity contribution in [2.45, 2.75) is 95.8 Å². The van der Waals surface area contributed by atoms with Gasteiger partial charge in [0.2, 0.25) is 17.7 Å². The molecule has 0 heterocycles. The zero-order valence-corrected chi connectivity index (χ0v) is 22.8. The fourth-order valence-electron chi connectivity index (χ4n) is 3.69. The predicted octanol–water partition coefficient (Wildman–Crippen LogP) is -1.79. The molecule has 0 aromatic rings. The van der Waals surface area contributed by atoms with E-state index >= 15 is 0 Å². The standard InChI is InChI=1S/C24H49N9O5/c1-15(2)14-19(22(36)32-18(23(37)38)10-7-13-30-24(28)29)33-21(35)17(9-4-6-12-26)31-20(34)16(27)8-3-5-11-25/h15-19H,3-14,25-27H2,1-2H3,(H,31,34)(H,32,36)(H,33,35)(H,37,38)(H4,28,29,30). The monoisotopic (exact) mass is 543 g/mol. The molecule has 0 radical (unpaired) electrons. The van der Waals surface area contributed by atoms with Crippen LogP contribution in [0.5, 0.6) is 0 Å². The fraction of sp³-hybridized carbons (Fsp3) is 0.792. The quantitative estimate of drug-likeness (QED) is 0.0445. The molecule has 14 N–H and O–H groups in total. The van der Waals surface area contributed by atoms with E-state index in [-0.39, 0.29) is 31.3 Å². The smallest absolute Gasteiger partial charge is 0.326 e. The summed E-state index contributed by atoms with van der Waals surface area (Å²) in [6, 6.07) is -3.91. The van der Waals surface area contributed by atoms with Crippen LogP contribution < -0.4 is 44.6 Å². The van der Waals surface area contributed by atoms with Crippen molar-refractivity contribution in [2.24, 2.45) is 39.6 Å². The highest BCUT2D eigenvalue weighted by atomic mass is 16.4. The molecule has 0 aliphatic rings. The van der Waals surface area contributed by atoms with Crippen LogP contribution in [-0.2, 0) is 19.2 Å². The summed E-state index contributed by atoms with van der Waals surface area (Å²) < 4.78 is 0. The van der Waals surface area contributed by atoms with Gasteiger partial charge in [-0.3, -0.25) is 19.4 Å². The van der Waals surface area contributed by atoms with Gasteiger partial charge in [-0.2, -0.15) is 0 Å². The van der Waals surface area contributed by atoms with E-state index in [0.717, 1.165) is 6.42 Å². The van der Waals surface area contributed by atoms with Crippen molar-refractivity contribution >= 4 is 29.7 Å². The fourth-order valence-corrected chi connectivity index (χ4v) is 3.69. The first-order valence-electron chi connectivity index (χ1n) is 13.3. The second-order valence-corrected chi connectivity index (χ2v) is 9.78. The summed E-state index contributed by atoms with van der Waals surface area (Å²) in [5.74, 6) is -2.96. The van der Waals surface area contributed by atoms with Gasteiger partial charge in [-0.25, -0.2) is 4.79 Å². The van der Waals surface area contributed by atoms with Crippen LogP contribution in [0.2, 0.25) is 0 Å². The van der Waals surface area contributed by atoms with Gasteiger partial charge < -0.3 is 49.7 Å². The number of aliphatic imine (C=N–C) groups is 1. The van der Waals surface area contributed by atoms with Crippen LogP contribution in [0.3, 0.4) is 0 Å². The number of hydrogen-bond donors (Lipinski definition) is 9. The Morgan fingerprint density at radius 3 is 1.76 bits per heavy atom. The van der Waals surface area contributed by atoms with Gasteiger partial charge in [0.15, 0.2) is 5.96 Å². The topological polar surface area (TPSA) is 267 Å². The van der Waals surface area contributed by atoms with Gasteiger partial charge in [0, 0.05) is 6.54 Å². The molecule has 0 fully saturated rings. The summed E-state index contributed by atoms with van der Waals surface area (Å²) in [5, 5.41) is 17.4. The molecule has 0 rings (SSSR count). The lowest BCUT2D eigenvalue weighted by Gasteiger charge is -2.26. The van der Waals surface area contributed by atoms with Crippen LogP contribution in [0.15, 0.2) is 4.99 Å². The van der Waals surface area contributed by atoms with Crippen molar-refractivity contribution < 1.29 is 24.3 Å². The number of carboxylic acid groups (broad SMARTS) is 1. The van der Waals surface area contributed by atoms with Crippen molar-refractivity contribution in [1.82, 2.24) is 16.0 Å². The number of carbonyl (C=O) groups excluding carboxylic acids is 3. The molecule has 0 bridgehead atoms. The summed E-state index contributed by atoms with van der Waals surface area (Å²) in [5.41, 5.74) is 27.6. The number of nitrogens with two attached hydrogens (primary N) is 5. The Morgan fingerprint density at radius 1 is 0.737 bits per heavy atom. The Labute approximate surface area is 225 Å². The summed E-state index contributed by atoms with van der Waals surface area (Å²) in [4.78, 5) is 54.4. The third-order valence-corrected chi connectivity index (χ3v) is 5.79. The first-order chi connectivity index (χ1) is 17.9. The third-order valence-electron chi connectivity index (χ3n) is 5.79. The lowest BCUT2D eigenvalue weighted by Crippen LogP contribution is -2.57. The Hall–Kier alpha value is -2.97. The summed E-state index contributed by atoms with van der Waals surface area (Å²) >= 11 is 0. The molecule has 0 aliphatic heterocycles. The molecule has 14 heteroatoms. The Morgan fingerprint density at radius 2 is 1.24 bits per heavy atom. The lowest BCUT2D eigenvalue weighted by atomic mass is 10.0. The normalized spacial score (nSPS) is 14.2. The molecular weight excluding hydrogens is 494 g/mol. The number of carboxylic acids is 1.